The van der Waals surface area contributed by atoms with Gasteiger partial charge in [0.2, 0.25) is 0 Å². The average Bonchev–Trinajstić information content (AvgIpc) is 2.88. The molecule has 0 aliphatic carbocycles. The number of thioether (sulfide) groups is 1. The van der Waals surface area contributed by atoms with Gasteiger partial charge in [-0.25, -0.2) is 9.97 Å². The van der Waals surface area contributed by atoms with Crippen LogP contribution in [-0.2, 0) is 0 Å². The van der Waals surface area contributed by atoms with Gasteiger partial charge in [-0.2, -0.15) is 0 Å². The monoisotopic (exact) mass is 300 g/mol. The van der Waals surface area contributed by atoms with E-state index in [-0.39, 0.29) is 0 Å². The fourth-order valence-corrected chi connectivity index (χ4v) is 2.94. The van der Waals surface area contributed by atoms with Gasteiger partial charge in [-0.3, -0.25) is 0 Å². The van der Waals surface area contributed by atoms with Gasteiger partial charge in [-0.15, -0.1) is 0 Å². The molecule has 106 valence electrons. The first-order valence-corrected chi connectivity index (χ1v) is 8.32. The van der Waals surface area contributed by atoms with E-state index in [0.717, 1.165) is 18.9 Å². The highest BCUT2D eigenvalue weighted by Crippen LogP contribution is 2.17. The molecule has 2 heterocycles. The number of aromatic nitrogens is 2. The molecule has 19 heavy (non-hydrogen) atoms. The molecule has 0 saturated carbocycles. The van der Waals surface area contributed by atoms with Gasteiger partial charge >= 0.3 is 0 Å². The van der Waals surface area contributed by atoms with Crippen LogP contribution in [0.2, 0.25) is 5.15 Å². The van der Waals surface area contributed by atoms with Gasteiger partial charge in [0.05, 0.1) is 0 Å². The lowest BCUT2D eigenvalue weighted by molar-refractivity contribution is 0.294. The van der Waals surface area contributed by atoms with E-state index in [0.29, 0.717) is 16.2 Å². The zero-order valence-corrected chi connectivity index (χ0v) is 13.1. The Kier molecular flexibility index (Phi) is 5.73. The molecule has 1 aliphatic heterocycles. The Hall–Kier alpha value is -0.520. The van der Waals surface area contributed by atoms with Crippen molar-refractivity contribution in [3.63, 3.8) is 0 Å². The fraction of sp³-hybridized carbons (Fsp3) is 0.692. The Bertz CT molecular complexity index is 410. The van der Waals surface area contributed by atoms with Crippen LogP contribution in [0.25, 0.3) is 0 Å². The molecule has 0 amide bonds. The van der Waals surface area contributed by atoms with Crippen LogP contribution in [0.15, 0.2) is 11.2 Å². The Morgan fingerprint density at radius 3 is 2.84 bits per heavy atom. The van der Waals surface area contributed by atoms with Crippen molar-refractivity contribution in [2.24, 2.45) is 5.92 Å². The van der Waals surface area contributed by atoms with Gasteiger partial charge in [0.1, 0.15) is 11.0 Å². The molecule has 1 fully saturated rings. The summed E-state index contributed by atoms with van der Waals surface area (Å²) in [6.07, 6.45) is 4.64. The van der Waals surface area contributed by atoms with Crippen LogP contribution >= 0.6 is 23.4 Å². The minimum absolute atomic E-state index is 0.494. The molecule has 1 aromatic heterocycles. The van der Waals surface area contributed by atoms with Crippen molar-refractivity contribution in [1.29, 1.82) is 0 Å². The van der Waals surface area contributed by atoms with E-state index in [2.05, 4.69) is 27.1 Å². The van der Waals surface area contributed by atoms with Gasteiger partial charge in [-0.05, 0) is 38.1 Å². The number of nitrogens with zero attached hydrogens (tertiary/aromatic N) is 3. The smallest absolute Gasteiger partial charge is 0.190 e. The van der Waals surface area contributed by atoms with Gasteiger partial charge < -0.3 is 10.2 Å². The van der Waals surface area contributed by atoms with E-state index in [1.807, 2.05) is 6.26 Å². The third-order valence-electron chi connectivity index (χ3n) is 3.26. The number of hydrogen-bond donors (Lipinski definition) is 1. The fourth-order valence-electron chi connectivity index (χ4n) is 2.33. The summed E-state index contributed by atoms with van der Waals surface area (Å²) in [4.78, 5) is 11.1. The predicted molar refractivity (Wildman–Crippen MR) is 82.2 cm³/mol. The first-order chi connectivity index (χ1) is 9.17. The minimum Gasteiger partial charge on any atom is -0.370 e. The SMILES string of the molecule is CSc1nc(Cl)cc(NCC(C)CN2CCCC2)n1. The van der Waals surface area contributed by atoms with Crippen molar-refractivity contribution in [2.75, 3.05) is 37.8 Å². The molecule has 0 radical (unpaired) electrons. The normalized spacial score (nSPS) is 17.6. The van der Waals surface area contributed by atoms with E-state index in [1.54, 1.807) is 6.07 Å². The molecule has 1 unspecified atom stereocenters. The third-order valence-corrected chi connectivity index (χ3v) is 4.00. The Labute approximate surface area is 124 Å². The molecule has 6 heteroatoms. The third kappa shape index (κ3) is 4.82. The summed E-state index contributed by atoms with van der Waals surface area (Å²) < 4.78 is 0. The summed E-state index contributed by atoms with van der Waals surface area (Å²) in [6.45, 7) is 6.84. The standard InChI is InChI=1S/C13H21ClN4S/c1-10(9-18-5-3-4-6-18)8-15-12-7-11(14)16-13(17-12)19-2/h7,10H,3-6,8-9H2,1-2H3,(H,15,16,17). The second-order valence-corrected chi connectivity index (χ2v) is 6.22. The predicted octanol–water partition coefficient (Wildman–Crippen LogP) is 3.00. The molecule has 2 rings (SSSR count). The molecule has 1 atom stereocenters. The summed E-state index contributed by atoms with van der Waals surface area (Å²) in [6, 6.07) is 1.78. The zero-order chi connectivity index (χ0) is 13.7. The first-order valence-electron chi connectivity index (χ1n) is 6.72. The molecule has 1 aliphatic rings. The second kappa shape index (κ2) is 7.31. The summed E-state index contributed by atoms with van der Waals surface area (Å²) in [5, 5.41) is 4.56. The lowest BCUT2D eigenvalue weighted by atomic mass is 10.1. The molecular formula is C13H21ClN4S. The number of rotatable bonds is 6. The summed E-state index contributed by atoms with van der Waals surface area (Å²) >= 11 is 7.47. The molecule has 1 saturated heterocycles. The summed E-state index contributed by atoms with van der Waals surface area (Å²) in [5.74, 6) is 1.42. The molecule has 1 N–H and O–H groups in total. The lowest BCUT2D eigenvalue weighted by Crippen LogP contribution is -2.29. The maximum absolute atomic E-state index is 5.97. The Morgan fingerprint density at radius 1 is 1.42 bits per heavy atom. The van der Waals surface area contributed by atoms with Crippen molar-refractivity contribution in [3.8, 4) is 0 Å². The van der Waals surface area contributed by atoms with Crippen LogP contribution in [-0.4, -0.2) is 47.3 Å². The van der Waals surface area contributed by atoms with Crippen molar-refractivity contribution in [2.45, 2.75) is 24.9 Å². The van der Waals surface area contributed by atoms with E-state index in [4.69, 9.17) is 11.6 Å². The maximum atomic E-state index is 5.97. The van der Waals surface area contributed by atoms with Crippen molar-refractivity contribution < 1.29 is 0 Å². The van der Waals surface area contributed by atoms with E-state index >= 15 is 0 Å². The Balaban J connectivity index is 1.82. The number of hydrogen-bond acceptors (Lipinski definition) is 5. The van der Waals surface area contributed by atoms with Gasteiger partial charge in [0, 0.05) is 19.2 Å². The highest BCUT2D eigenvalue weighted by Gasteiger charge is 2.14. The molecule has 0 spiro atoms. The van der Waals surface area contributed by atoms with Crippen molar-refractivity contribution in [1.82, 2.24) is 14.9 Å². The van der Waals surface area contributed by atoms with E-state index < -0.39 is 0 Å². The summed E-state index contributed by atoms with van der Waals surface area (Å²) in [5.41, 5.74) is 0. The van der Waals surface area contributed by atoms with Gasteiger partial charge in [0.15, 0.2) is 5.16 Å². The molecule has 1 aromatic rings. The van der Waals surface area contributed by atoms with Gasteiger partial charge in [0.25, 0.3) is 0 Å². The van der Waals surface area contributed by atoms with E-state index in [9.17, 15) is 0 Å². The number of halogens is 1. The quantitative estimate of drug-likeness (QED) is 0.497. The Morgan fingerprint density at radius 2 is 2.16 bits per heavy atom. The summed E-state index contributed by atoms with van der Waals surface area (Å²) in [7, 11) is 0. The molecular weight excluding hydrogens is 280 g/mol. The minimum atomic E-state index is 0.494. The van der Waals surface area contributed by atoms with E-state index in [1.165, 1.54) is 37.7 Å². The topological polar surface area (TPSA) is 41.1 Å². The average molecular weight is 301 g/mol. The molecule has 0 bridgehead atoms. The van der Waals surface area contributed by atoms with Gasteiger partial charge in [-0.1, -0.05) is 30.3 Å². The molecule has 4 nitrogen and oxygen atoms in total. The maximum Gasteiger partial charge on any atom is 0.190 e. The zero-order valence-electron chi connectivity index (χ0n) is 11.5. The van der Waals surface area contributed by atoms with Crippen LogP contribution in [0.4, 0.5) is 5.82 Å². The van der Waals surface area contributed by atoms with Crippen molar-refractivity contribution >= 4 is 29.2 Å². The van der Waals surface area contributed by atoms with Crippen molar-refractivity contribution in [3.05, 3.63) is 11.2 Å². The largest absolute Gasteiger partial charge is 0.370 e. The number of likely N-dealkylation sites (tertiary alicyclic amines) is 1. The highest BCUT2D eigenvalue weighted by atomic mass is 35.5. The number of anilines is 1. The van der Waals surface area contributed by atoms with Crippen LogP contribution in [0.3, 0.4) is 0 Å². The molecule has 0 aromatic carbocycles. The first kappa shape index (κ1) is 14.9. The van der Waals surface area contributed by atoms with Crippen LogP contribution in [0.5, 0.6) is 0 Å². The lowest BCUT2D eigenvalue weighted by Gasteiger charge is -2.20. The van der Waals surface area contributed by atoms with Crippen LogP contribution in [0, 0.1) is 5.92 Å². The number of nitrogens with one attached hydrogen (secondary N) is 1. The second-order valence-electron chi connectivity index (χ2n) is 5.06. The van der Waals surface area contributed by atoms with Crippen LogP contribution in [0.1, 0.15) is 19.8 Å². The van der Waals surface area contributed by atoms with Crippen LogP contribution < -0.4 is 5.32 Å². The highest BCUT2D eigenvalue weighted by molar-refractivity contribution is 7.98.